The van der Waals surface area contributed by atoms with Crippen molar-refractivity contribution in [1.82, 2.24) is 9.97 Å². The standard InChI is InChI=1S/C13H21N3O2/c1-3-9-10(14)15-12(16-11(9)17)13(18-4-2)7-5-6-8-13/h3-8H2,1-2H3,(H3,14,15,16,17). The van der Waals surface area contributed by atoms with E-state index in [0.29, 0.717) is 30.2 Å². The minimum atomic E-state index is -0.436. The molecule has 0 atom stereocenters. The first-order chi connectivity index (χ1) is 8.63. The summed E-state index contributed by atoms with van der Waals surface area (Å²) in [5, 5.41) is 0. The van der Waals surface area contributed by atoms with Crippen LogP contribution in [0.25, 0.3) is 0 Å². The molecule has 1 aromatic heterocycles. The quantitative estimate of drug-likeness (QED) is 0.853. The summed E-state index contributed by atoms with van der Waals surface area (Å²) in [4.78, 5) is 19.2. The number of nitrogens with two attached hydrogens (primary N) is 1. The van der Waals surface area contributed by atoms with E-state index in [9.17, 15) is 4.79 Å². The van der Waals surface area contributed by atoms with E-state index in [1.807, 2.05) is 13.8 Å². The molecule has 0 amide bonds. The summed E-state index contributed by atoms with van der Waals surface area (Å²) < 4.78 is 5.87. The fraction of sp³-hybridized carbons (Fsp3) is 0.692. The Labute approximate surface area is 107 Å². The molecule has 3 N–H and O–H groups in total. The van der Waals surface area contributed by atoms with Crippen molar-refractivity contribution in [3.8, 4) is 0 Å². The van der Waals surface area contributed by atoms with Crippen LogP contribution in [-0.2, 0) is 16.8 Å². The molecule has 5 nitrogen and oxygen atoms in total. The van der Waals surface area contributed by atoms with Crippen LogP contribution in [0.4, 0.5) is 5.82 Å². The van der Waals surface area contributed by atoms with Gasteiger partial charge in [0.1, 0.15) is 17.2 Å². The van der Waals surface area contributed by atoms with Crippen LogP contribution < -0.4 is 11.3 Å². The van der Waals surface area contributed by atoms with E-state index in [-0.39, 0.29) is 5.56 Å². The zero-order valence-electron chi connectivity index (χ0n) is 11.1. The minimum absolute atomic E-state index is 0.133. The Bertz CT molecular complexity index is 476. The maximum absolute atomic E-state index is 12.0. The summed E-state index contributed by atoms with van der Waals surface area (Å²) in [5.41, 5.74) is 5.86. The van der Waals surface area contributed by atoms with Crippen LogP contribution in [0.15, 0.2) is 4.79 Å². The lowest BCUT2D eigenvalue weighted by molar-refractivity contribution is -0.0457. The molecule has 0 saturated heterocycles. The molecular weight excluding hydrogens is 230 g/mol. The fourth-order valence-electron chi connectivity index (χ4n) is 2.74. The highest BCUT2D eigenvalue weighted by Crippen LogP contribution is 2.40. The molecule has 1 fully saturated rings. The molecule has 1 saturated carbocycles. The summed E-state index contributed by atoms with van der Waals surface area (Å²) in [6, 6.07) is 0. The van der Waals surface area contributed by atoms with Gasteiger partial charge < -0.3 is 15.5 Å². The molecule has 1 aliphatic carbocycles. The van der Waals surface area contributed by atoms with Gasteiger partial charge in [-0.25, -0.2) is 4.98 Å². The van der Waals surface area contributed by atoms with E-state index >= 15 is 0 Å². The van der Waals surface area contributed by atoms with Gasteiger partial charge in [0.15, 0.2) is 0 Å². The van der Waals surface area contributed by atoms with Crippen LogP contribution in [-0.4, -0.2) is 16.6 Å². The monoisotopic (exact) mass is 251 g/mol. The van der Waals surface area contributed by atoms with Gasteiger partial charge in [0, 0.05) is 6.61 Å². The number of nitrogen functional groups attached to an aromatic ring is 1. The third kappa shape index (κ3) is 2.14. The van der Waals surface area contributed by atoms with Crippen molar-refractivity contribution in [3.63, 3.8) is 0 Å². The lowest BCUT2D eigenvalue weighted by Crippen LogP contribution is -2.33. The Balaban J connectivity index is 2.46. The first kappa shape index (κ1) is 13.1. The predicted molar refractivity (Wildman–Crippen MR) is 70.4 cm³/mol. The second kappa shape index (κ2) is 5.10. The van der Waals surface area contributed by atoms with Gasteiger partial charge in [0.2, 0.25) is 0 Å². The Morgan fingerprint density at radius 1 is 1.39 bits per heavy atom. The zero-order chi connectivity index (χ0) is 13.2. The van der Waals surface area contributed by atoms with Crippen molar-refractivity contribution in [1.29, 1.82) is 0 Å². The van der Waals surface area contributed by atoms with Crippen molar-refractivity contribution in [2.75, 3.05) is 12.3 Å². The van der Waals surface area contributed by atoms with E-state index in [1.54, 1.807) is 0 Å². The Morgan fingerprint density at radius 2 is 2.06 bits per heavy atom. The van der Waals surface area contributed by atoms with E-state index in [4.69, 9.17) is 10.5 Å². The molecule has 0 unspecified atom stereocenters. The molecule has 0 bridgehead atoms. The molecule has 1 aromatic rings. The number of nitrogens with zero attached hydrogens (tertiary/aromatic N) is 1. The number of nitrogens with one attached hydrogen (secondary N) is 1. The largest absolute Gasteiger partial charge is 0.383 e. The van der Waals surface area contributed by atoms with Crippen molar-refractivity contribution < 1.29 is 4.74 Å². The zero-order valence-corrected chi connectivity index (χ0v) is 11.1. The highest BCUT2D eigenvalue weighted by Gasteiger charge is 2.39. The second-order valence-electron chi connectivity index (χ2n) is 4.77. The molecule has 100 valence electrons. The third-order valence-corrected chi connectivity index (χ3v) is 3.66. The number of anilines is 1. The molecule has 1 aliphatic rings. The van der Waals surface area contributed by atoms with Gasteiger partial charge in [-0.2, -0.15) is 0 Å². The SMILES string of the molecule is CCOC1(c2nc(N)c(CC)c(=O)[nH]2)CCCC1. The van der Waals surface area contributed by atoms with Gasteiger partial charge in [-0.15, -0.1) is 0 Å². The Morgan fingerprint density at radius 3 is 2.56 bits per heavy atom. The van der Waals surface area contributed by atoms with Gasteiger partial charge in [0.25, 0.3) is 5.56 Å². The van der Waals surface area contributed by atoms with Crippen LogP contribution in [0.2, 0.25) is 0 Å². The summed E-state index contributed by atoms with van der Waals surface area (Å²) in [7, 11) is 0. The number of hydrogen-bond acceptors (Lipinski definition) is 4. The third-order valence-electron chi connectivity index (χ3n) is 3.66. The van der Waals surface area contributed by atoms with Crippen molar-refractivity contribution in [2.24, 2.45) is 0 Å². The molecule has 0 radical (unpaired) electrons. The fourth-order valence-corrected chi connectivity index (χ4v) is 2.74. The van der Waals surface area contributed by atoms with Crippen LogP contribution in [0.1, 0.15) is 50.9 Å². The summed E-state index contributed by atoms with van der Waals surface area (Å²) in [5.74, 6) is 0.934. The summed E-state index contributed by atoms with van der Waals surface area (Å²) in [6.07, 6.45) is 4.58. The Hall–Kier alpha value is -1.36. The molecular formula is C13H21N3O2. The summed E-state index contributed by atoms with van der Waals surface area (Å²) in [6.45, 7) is 4.47. The second-order valence-corrected chi connectivity index (χ2v) is 4.77. The van der Waals surface area contributed by atoms with Gasteiger partial charge >= 0.3 is 0 Å². The van der Waals surface area contributed by atoms with Crippen LogP contribution in [0.3, 0.4) is 0 Å². The van der Waals surface area contributed by atoms with Crippen LogP contribution >= 0.6 is 0 Å². The average molecular weight is 251 g/mol. The van der Waals surface area contributed by atoms with Crippen molar-refractivity contribution >= 4 is 5.82 Å². The number of rotatable bonds is 4. The summed E-state index contributed by atoms with van der Waals surface area (Å²) >= 11 is 0. The number of ether oxygens (including phenoxy) is 1. The van der Waals surface area contributed by atoms with E-state index < -0.39 is 5.60 Å². The average Bonchev–Trinajstić information content (AvgIpc) is 2.79. The van der Waals surface area contributed by atoms with E-state index in [2.05, 4.69) is 9.97 Å². The van der Waals surface area contributed by atoms with Crippen LogP contribution in [0.5, 0.6) is 0 Å². The van der Waals surface area contributed by atoms with Gasteiger partial charge in [-0.3, -0.25) is 4.79 Å². The molecule has 0 aliphatic heterocycles. The van der Waals surface area contributed by atoms with Crippen molar-refractivity contribution in [2.45, 2.75) is 51.6 Å². The molecule has 0 spiro atoms. The molecule has 1 heterocycles. The maximum Gasteiger partial charge on any atom is 0.256 e. The maximum atomic E-state index is 12.0. The first-order valence-electron chi connectivity index (χ1n) is 6.66. The van der Waals surface area contributed by atoms with E-state index in [0.717, 1.165) is 25.7 Å². The number of H-pyrrole nitrogens is 1. The minimum Gasteiger partial charge on any atom is -0.383 e. The number of aromatic nitrogens is 2. The van der Waals surface area contributed by atoms with Crippen molar-refractivity contribution in [3.05, 3.63) is 21.7 Å². The first-order valence-corrected chi connectivity index (χ1v) is 6.66. The normalized spacial score (nSPS) is 18.1. The van der Waals surface area contributed by atoms with E-state index in [1.165, 1.54) is 0 Å². The molecule has 5 heteroatoms. The molecule has 18 heavy (non-hydrogen) atoms. The predicted octanol–water partition coefficient (Wildman–Crippen LogP) is 1.72. The smallest absolute Gasteiger partial charge is 0.256 e. The van der Waals surface area contributed by atoms with Gasteiger partial charge in [0.05, 0.1) is 5.56 Å². The highest BCUT2D eigenvalue weighted by molar-refractivity contribution is 5.38. The highest BCUT2D eigenvalue weighted by atomic mass is 16.5. The topological polar surface area (TPSA) is 81.0 Å². The number of aromatic amines is 1. The Kier molecular flexibility index (Phi) is 3.71. The van der Waals surface area contributed by atoms with Gasteiger partial charge in [-0.1, -0.05) is 6.92 Å². The molecule has 0 aromatic carbocycles. The van der Waals surface area contributed by atoms with Crippen LogP contribution in [0, 0.1) is 0 Å². The van der Waals surface area contributed by atoms with Gasteiger partial charge in [-0.05, 0) is 39.0 Å². The lowest BCUT2D eigenvalue weighted by atomic mass is 10.0. The molecule has 2 rings (SSSR count). The lowest BCUT2D eigenvalue weighted by Gasteiger charge is -2.28. The number of hydrogen-bond donors (Lipinski definition) is 2.